The van der Waals surface area contributed by atoms with Crippen molar-refractivity contribution in [3.8, 4) is 5.75 Å². The second-order valence-corrected chi connectivity index (χ2v) is 6.45. The summed E-state index contributed by atoms with van der Waals surface area (Å²) in [6.45, 7) is 4.91. The van der Waals surface area contributed by atoms with Crippen LogP contribution in [0.25, 0.3) is 10.8 Å². The fraction of sp³-hybridized carbons (Fsp3) is 0.500. The summed E-state index contributed by atoms with van der Waals surface area (Å²) >= 11 is 0. The van der Waals surface area contributed by atoms with Crippen LogP contribution in [0.2, 0.25) is 0 Å². The molecule has 0 spiro atoms. The summed E-state index contributed by atoms with van der Waals surface area (Å²) < 4.78 is 6.02. The number of quaternary nitrogens is 1. The molecule has 1 aliphatic rings. The number of benzene rings is 2. The SMILES string of the molecule is c1ccc2c(OCCCC[NH+]3CCCCCC3)cccc2c1. The fourth-order valence-corrected chi connectivity index (χ4v) is 3.46. The van der Waals surface area contributed by atoms with E-state index in [4.69, 9.17) is 4.74 Å². The molecule has 0 aliphatic carbocycles. The average Bonchev–Trinajstić information content (AvgIpc) is 2.83. The van der Waals surface area contributed by atoms with Crippen LogP contribution in [0.15, 0.2) is 42.5 Å². The molecule has 2 aromatic rings. The second-order valence-electron chi connectivity index (χ2n) is 6.45. The van der Waals surface area contributed by atoms with Gasteiger partial charge in [0.15, 0.2) is 0 Å². The first-order chi connectivity index (χ1) is 10.9. The molecule has 0 aromatic heterocycles. The van der Waals surface area contributed by atoms with E-state index < -0.39 is 0 Å². The van der Waals surface area contributed by atoms with Crippen molar-refractivity contribution in [2.45, 2.75) is 38.5 Å². The van der Waals surface area contributed by atoms with Gasteiger partial charge >= 0.3 is 0 Å². The summed E-state index contributed by atoms with van der Waals surface area (Å²) in [4.78, 5) is 1.81. The molecule has 3 rings (SSSR count). The van der Waals surface area contributed by atoms with Crippen molar-refractivity contribution in [3.05, 3.63) is 42.5 Å². The third kappa shape index (κ3) is 4.23. The maximum atomic E-state index is 6.02. The van der Waals surface area contributed by atoms with Crippen molar-refractivity contribution in [1.29, 1.82) is 0 Å². The number of hydrogen-bond acceptors (Lipinski definition) is 1. The number of rotatable bonds is 6. The number of ether oxygens (including phenoxy) is 1. The monoisotopic (exact) mass is 298 g/mol. The maximum absolute atomic E-state index is 6.02. The second kappa shape index (κ2) is 8.19. The lowest BCUT2D eigenvalue weighted by Crippen LogP contribution is -3.11. The summed E-state index contributed by atoms with van der Waals surface area (Å²) in [6.07, 6.45) is 8.15. The minimum Gasteiger partial charge on any atom is -0.493 e. The number of nitrogens with one attached hydrogen (secondary N) is 1. The molecule has 0 radical (unpaired) electrons. The van der Waals surface area contributed by atoms with E-state index in [1.807, 2.05) is 4.90 Å². The molecule has 2 heteroatoms. The highest BCUT2D eigenvalue weighted by Crippen LogP contribution is 2.25. The molecule has 118 valence electrons. The van der Waals surface area contributed by atoms with E-state index in [1.54, 1.807) is 0 Å². The Balaban J connectivity index is 1.42. The van der Waals surface area contributed by atoms with E-state index in [-0.39, 0.29) is 0 Å². The van der Waals surface area contributed by atoms with E-state index in [1.165, 1.54) is 62.5 Å². The van der Waals surface area contributed by atoms with Crippen molar-refractivity contribution < 1.29 is 9.64 Å². The van der Waals surface area contributed by atoms with Gasteiger partial charge in [-0.1, -0.05) is 36.4 Å². The van der Waals surface area contributed by atoms with Gasteiger partial charge in [-0.3, -0.25) is 0 Å². The van der Waals surface area contributed by atoms with E-state index in [9.17, 15) is 0 Å². The van der Waals surface area contributed by atoms with Crippen LogP contribution in [-0.2, 0) is 0 Å². The maximum Gasteiger partial charge on any atom is 0.127 e. The van der Waals surface area contributed by atoms with Crippen LogP contribution in [0.1, 0.15) is 38.5 Å². The molecule has 1 fully saturated rings. The lowest BCUT2D eigenvalue weighted by Gasteiger charge is -2.16. The van der Waals surface area contributed by atoms with Gasteiger partial charge < -0.3 is 9.64 Å². The van der Waals surface area contributed by atoms with Gasteiger partial charge in [-0.05, 0) is 50.0 Å². The zero-order valence-corrected chi connectivity index (χ0v) is 13.5. The fourth-order valence-electron chi connectivity index (χ4n) is 3.46. The Kier molecular flexibility index (Phi) is 5.72. The van der Waals surface area contributed by atoms with Crippen molar-refractivity contribution in [3.63, 3.8) is 0 Å². The molecule has 2 nitrogen and oxygen atoms in total. The van der Waals surface area contributed by atoms with Crippen LogP contribution in [0.3, 0.4) is 0 Å². The normalized spacial score (nSPS) is 16.5. The third-order valence-electron chi connectivity index (χ3n) is 4.74. The van der Waals surface area contributed by atoms with E-state index >= 15 is 0 Å². The Hall–Kier alpha value is -1.54. The number of unbranched alkanes of at least 4 members (excludes halogenated alkanes) is 1. The number of likely N-dealkylation sites (tertiary alicyclic amines) is 1. The van der Waals surface area contributed by atoms with Crippen LogP contribution < -0.4 is 9.64 Å². The Bertz CT molecular complexity index is 567. The summed E-state index contributed by atoms with van der Waals surface area (Å²) in [6, 6.07) is 14.8. The Morgan fingerprint density at radius 2 is 1.59 bits per heavy atom. The molecule has 1 aliphatic heterocycles. The van der Waals surface area contributed by atoms with Crippen LogP contribution in [0, 0.1) is 0 Å². The zero-order chi connectivity index (χ0) is 15.0. The summed E-state index contributed by atoms with van der Waals surface area (Å²) in [5.74, 6) is 1.03. The Morgan fingerprint density at radius 1 is 0.818 bits per heavy atom. The highest BCUT2D eigenvalue weighted by atomic mass is 16.5. The van der Waals surface area contributed by atoms with Crippen molar-refractivity contribution in [2.75, 3.05) is 26.2 Å². The van der Waals surface area contributed by atoms with E-state index in [0.717, 1.165) is 18.8 Å². The first-order valence-electron chi connectivity index (χ1n) is 8.87. The minimum absolute atomic E-state index is 0.835. The predicted octanol–water partition coefficient (Wildman–Crippen LogP) is 3.46. The average molecular weight is 298 g/mol. The standard InChI is InChI=1S/C20H27NO/c1-2-6-15-21(14-5-1)16-7-8-17-22-20-13-9-11-18-10-3-4-12-19(18)20/h3-4,9-13H,1-2,5-8,14-17H2/p+1. The molecule has 0 bridgehead atoms. The minimum atomic E-state index is 0.835. The number of fused-ring (bicyclic) bond motifs is 1. The lowest BCUT2D eigenvalue weighted by atomic mass is 10.1. The van der Waals surface area contributed by atoms with Crippen LogP contribution >= 0.6 is 0 Å². The molecule has 22 heavy (non-hydrogen) atoms. The largest absolute Gasteiger partial charge is 0.493 e. The number of hydrogen-bond donors (Lipinski definition) is 1. The van der Waals surface area contributed by atoms with Crippen molar-refractivity contribution in [2.24, 2.45) is 0 Å². The first kappa shape index (κ1) is 15.4. The van der Waals surface area contributed by atoms with Gasteiger partial charge in [0.25, 0.3) is 0 Å². The highest BCUT2D eigenvalue weighted by molar-refractivity contribution is 5.88. The quantitative estimate of drug-likeness (QED) is 0.806. The molecule has 0 saturated carbocycles. The Morgan fingerprint density at radius 3 is 2.45 bits per heavy atom. The van der Waals surface area contributed by atoms with Crippen LogP contribution in [-0.4, -0.2) is 26.2 Å². The summed E-state index contributed by atoms with van der Waals surface area (Å²) in [5, 5.41) is 2.48. The molecular formula is C20H28NO+. The van der Waals surface area contributed by atoms with E-state index in [0.29, 0.717) is 0 Å². The molecule has 1 saturated heterocycles. The first-order valence-corrected chi connectivity index (χ1v) is 8.87. The van der Waals surface area contributed by atoms with Gasteiger partial charge in [-0.25, -0.2) is 0 Å². The van der Waals surface area contributed by atoms with Crippen molar-refractivity contribution >= 4 is 10.8 Å². The van der Waals surface area contributed by atoms with Crippen LogP contribution in [0.5, 0.6) is 5.75 Å². The molecule has 1 heterocycles. The molecule has 0 unspecified atom stereocenters. The molecule has 2 aromatic carbocycles. The van der Waals surface area contributed by atoms with E-state index in [2.05, 4.69) is 42.5 Å². The van der Waals surface area contributed by atoms with Gasteiger partial charge in [0.05, 0.1) is 26.2 Å². The van der Waals surface area contributed by atoms with Crippen LogP contribution in [0.4, 0.5) is 0 Å². The lowest BCUT2D eigenvalue weighted by molar-refractivity contribution is -0.899. The van der Waals surface area contributed by atoms with Crippen molar-refractivity contribution in [1.82, 2.24) is 0 Å². The zero-order valence-electron chi connectivity index (χ0n) is 13.5. The molecular weight excluding hydrogens is 270 g/mol. The van der Waals surface area contributed by atoms with Gasteiger partial charge in [0.1, 0.15) is 5.75 Å². The predicted molar refractivity (Wildman–Crippen MR) is 92.7 cm³/mol. The van der Waals surface area contributed by atoms with Gasteiger partial charge in [-0.2, -0.15) is 0 Å². The highest BCUT2D eigenvalue weighted by Gasteiger charge is 2.11. The van der Waals surface area contributed by atoms with Gasteiger partial charge in [0, 0.05) is 5.39 Å². The Labute approximate surface area is 134 Å². The topological polar surface area (TPSA) is 13.7 Å². The van der Waals surface area contributed by atoms with Gasteiger partial charge in [-0.15, -0.1) is 0 Å². The third-order valence-corrected chi connectivity index (χ3v) is 4.74. The smallest absolute Gasteiger partial charge is 0.127 e. The van der Waals surface area contributed by atoms with Gasteiger partial charge in [0.2, 0.25) is 0 Å². The summed E-state index contributed by atoms with van der Waals surface area (Å²) in [5.41, 5.74) is 0. The molecule has 0 amide bonds. The molecule has 0 atom stereocenters. The molecule has 1 N–H and O–H groups in total. The summed E-state index contributed by atoms with van der Waals surface area (Å²) in [7, 11) is 0.